The summed E-state index contributed by atoms with van der Waals surface area (Å²) >= 11 is 2.13. The summed E-state index contributed by atoms with van der Waals surface area (Å²) in [5, 5.41) is 4.16. The number of nitrogens with zero attached hydrogens (tertiary/aromatic N) is 3. The first-order chi connectivity index (χ1) is 5.77. The van der Waals surface area contributed by atoms with Crippen LogP contribution in [0.15, 0.2) is 23.5 Å². The third kappa shape index (κ3) is 2.07. The predicted molar refractivity (Wildman–Crippen MR) is 57.8 cm³/mol. The molecule has 0 unspecified atom stereocenters. The maximum atomic E-state index is 5.38. The SMILES string of the molecule is CN=C/C(=C\N)n1ccc(I)n1. The number of allylic oxidation sites excluding steroid dienone is 1. The standard InChI is InChI=1S/C7H9IN4/c1-10-5-6(4-9)12-3-2-7(8)11-12/h2-5H,9H2,1H3/b6-4+,10-5?. The van der Waals surface area contributed by atoms with Crippen LogP contribution in [-0.4, -0.2) is 23.0 Å². The normalized spacial score (nSPS) is 12.7. The molecule has 1 aromatic rings. The minimum Gasteiger partial charge on any atom is -0.403 e. The van der Waals surface area contributed by atoms with Gasteiger partial charge >= 0.3 is 0 Å². The van der Waals surface area contributed by atoms with E-state index in [4.69, 9.17) is 5.73 Å². The van der Waals surface area contributed by atoms with E-state index in [-0.39, 0.29) is 0 Å². The van der Waals surface area contributed by atoms with Gasteiger partial charge in [0.15, 0.2) is 0 Å². The Morgan fingerprint density at radius 2 is 2.58 bits per heavy atom. The maximum Gasteiger partial charge on any atom is 0.123 e. The Morgan fingerprint density at radius 1 is 1.83 bits per heavy atom. The molecule has 0 fully saturated rings. The van der Waals surface area contributed by atoms with Crippen molar-refractivity contribution in [3.63, 3.8) is 0 Å². The van der Waals surface area contributed by atoms with E-state index in [0.29, 0.717) is 0 Å². The molecular formula is C7H9IN4. The van der Waals surface area contributed by atoms with E-state index < -0.39 is 0 Å². The number of hydrogen-bond donors (Lipinski definition) is 1. The van der Waals surface area contributed by atoms with E-state index in [1.54, 1.807) is 17.9 Å². The first-order valence-corrected chi connectivity index (χ1v) is 4.41. The van der Waals surface area contributed by atoms with Crippen molar-refractivity contribution < 1.29 is 0 Å². The third-order valence-electron chi connectivity index (χ3n) is 1.25. The highest BCUT2D eigenvalue weighted by Crippen LogP contribution is 2.03. The molecule has 1 heterocycles. The molecule has 1 aromatic heterocycles. The molecule has 0 radical (unpaired) electrons. The summed E-state index contributed by atoms with van der Waals surface area (Å²) < 4.78 is 2.60. The molecular weight excluding hydrogens is 267 g/mol. The topological polar surface area (TPSA) is 56.2 Å². The number of aromatic nitrogens is 2. The fourth-order valence-corrected chi connectivity index (χ4v) is 1.15. The highest BCUT2D eigenvalue weighted by molar-refractivity contribution is 14.1. The quantitative estimate of drug-likeness (QED) is 0.645. The van der Waals surface area contributed by atoms with Gasteiger partial charge in [-0.05, 0) is 28.7 Å². The molecule has 0 aliphatic heterocycles. The van der Waals surface area contributed by atoms with E-state index >= 15 is 0 Å². The summed E-state index contributed by atoms with van der Waals surface area (Å²) in [6.45, 7) is 0. The second-order valence-electron chi connectivity index (χ2n) is 2.06. The second kappa shape index (κ2) is 4.24. The second-order valence-corrected chi connectivity index (χ2v) is 3.17. The van der Waals surface area contributed by atoms with Crippen LogP contribution in [0.25, 0.3) is 5.70 Å². The zero-order valence-corrected chi connectivity index (χ0v) is 8.76. The first-order valence-electron chi connectivity index (χ1n) is 3.33. The molecule has 12 heavy (non-hydrogen) atoms. The van der Waals surface area contributed by atoms with Crippen LogP contribution in [0.5, 0.6) is 0 Å². The van der Waals surface area contributed by atoms with E-state index in [9.17, 15) is 0 Å². The summed E-state index contributed by atoms with van der Waals surface area (Å²) in [7, 11) is 1.69. The van der Waals surface area contributed by atoms with Crippen molar-refractivity contribution >= 4 is 34.5 Å². The van der Waals surface area contributed by atoms with Crippen LogP contribution in [0.2, 0.25) is 0 Å². The summed E-state index contributed by atoms with van der Waals surface area (Å²) in [6, 6.07) is 1.90. The van der Waals surface area contributed by atoms with Gasteiger partial charge in [0.2, 0.25) is 0 Å². The third-order valence-corrected chi connectivity index (χ3v) is 1.83. The van der Waals surface area contributed by atoms with Gasteiger partial charge < -0.3 is 5.73 Å². The minimum atomic E-state index is 0.764. The molecule has 0 aromatic carbocycles. The Hall–Kier alpha value is -0.850. The molecule has 5 heteroatoms. The van der Waals surface area contributed by atoms with Gasteiger partial charge in [0.1, 0.15) is 3.70 Å². The van der Waals surface area contributed by atoms with Gasteiger partial charge in [-0.25, -0.2) is 4.68 Å². The van der Waals surface area contributed by atoms with Gasteiger partial charge in [-0.1, -0.05) is 0 Å². The van der Waals surface area contributed by atoms with Crippen LogP contribution in [-0.2, 0) is 0 Å². The van der Waals surface area contributed by atoms with E-state index in [1.165, 1.54) is 6.20 Å². The molecule has 0 amide bonds. The van der Waals surface area contributed by atoms with Gasteiger partial charge in [0.05, 0.1) is 5.70 Å². The van der Waals surface area contributed by atoms with Crippen LogP contribution in [0.3, 0.4) is 0 Å². The number of halogens is 1. The Labute approximate surface area is 84.3 Å². The van der Waals surface area contributed by atoms with Crippen molar-refractivity contribution in [2.75, 3.05) is 7.05 Å². The molecule has 0 aliphatic rings. The maximum absolute atomic E-state index is 5.38. The Morgan fingerprint density at radius 3 is 3.00 bits per heavy atom. The summed E-state index contributed by atoms with van der Waals surface area (Å²) in [4.78, 5) is 3.86. The predicted octanol–water partition coefficient (Wildman–Crippen LogP) is 0.945. The highest BCUT2D eigenvalue weighted by Gasteiger charge is 1.97. The lowest BCUT2D eigenvalue weighted by atomic mass is 10.5. The zero-order valence-electron chi connectivity index (χ0n) is 6.61. The van der Waals surface area contributed by atoms with Crippen molar-refractivity contribution in [2.24, 2.45) is 10.7 Å². The van der Waals surface area contributed by atoms with Gasteiger partial charge in [-0.3, -0.25) is 4.99 Å². The molecule has 64 valence electrons. The summed E-state index contributed by atoms with van der Waals surface area (Å²) in [6.07, 6.45) is 4.96. The van der Waals surface area contributed by atoms with Crippen LogP contribution >= 0.6 is 22.6 Å². The van der Waals surface area contributed by atoms with Crippen LogP contribution in [0.1, 0.15) is 0 Å². The molecule has 0 aliphatic carbocycles. The first kappa shape index (κ1) is 9.24. The summed E-state index contributed by atoms with van der Waals surface area (Å²) in [5.74, 6) is 0. The van der Waals surface area contributed by atoms with Crippen molar-refractivity contribution in [2.45, 2.75) is 0 Å². The lowest BCUT2D eigenvalue weighted by Gasteiger charge is -1.98. The van der Waals surface area contributed by atoms with E-state index in [0.717, 1.165) is 9.40 Å². The monoisotopic (exact) mass is 276 g/mol. The molecule has 2 N–H and O–H groups in total. The molecule has 4 nitrogen and oxygen atoms in total. The Kier molecular flexibility index (Phi) is 3.27. The van der Waals surface area contributed by atoms with Crippen molar-refractivity contribution in [1.82, 2.24) is 9.78 Å². The molecule has 0 saturated heterocycles. The Balaban J connectivity index is 2.96. The molecule has 0 spiro atoms. The molecule has 1 rings (SSSR count). The summed E-state index contributed by atoms with van der Waals surface area (Å²) in [5.41, 5.74) is 6.15. The average Bonchev–Trinajstić information content (AvgIpc) is 2.47. The number of aliphatic imine (C=N–C) groups is 1. The highest BCUT2D eigenvalue weighted by atomic mass is 127. The van der Waals surface area contributed by atoms with Gasteiger partial charge in [0, 0.05) is 25.7 Å². The lowest BCUT2D eigenvalue weighted by molar-refractivity contribution is 0.904. The van der Waals surface area contributed by atoms with Crippen LogP contribution in [0, 0.1) is 3.70 Å². The smallest absolute Gasteiger partial charge is 0.123 e. The molecule has 0 saturated carbocycles. The van der Waals surface area contributed by atoms with Crippen molar-refractivity contribution in [3.05, 3.63) is 22.2 Å². The van der Waals surface area contributed by atoms with Crippen molar-refractivity contribution in [3.8, 4) is 0 Å². The van der Waals surface area contributed by atoms with E-state index in [1.807, 2.05) is 12.3 Å². The average molecular weight is 276 g/mol. The minimum absolute atomic E-state index is 0.764. The van der Waals surface area contributed by atoms with Crippen LogP contribution in [0.4, 0.5) is 0 Å². The van der Waals surface area contributed by atoms with Crippen molar-refractivity contribution in [1.29, 1.82) is 0 Å². The fourth-order valence-electron chi connectivity index (χ4n) is 0.756. The van der Waals surface area contributed by atoms with Crippen LogP contribution < -0.4 is 5.73 Å². The fraction of sp³-hybridized carbons (Fsp3) is 0.143. The zero-order chi connectivity index (χ0) is 8.97. The number of rotatable bonds is 2. The lowest BCUT2D eigenvalue weighted by Crippen LogP contribution is -2.01. The van der Waals surface area contributed by atoms with Gasteiger partial charge in [0.25, 0.3) is 0 Å². The van der Waals surface area contributed by atoms with Gasteiger partial charge in [-0.15, -0.1) is 0 Å². The number of hydrogen-bond acceptors (Lipinski definition) is 3. The molecule has 0 bridgehead atoms. The van der Waals surface area contributed by atoms with E-state index in [2.05, 4.69) is 32.7 Å². The molecule has 0 atom stereocenters. The Bertz CT molecular complexity index is 313. The van der Waals surface area contributed by atoms with Gasteiger partial charge in [-0.2, -0.15) is 5.10 Å². The number of nitrogens with two attached hydrogens (primary N) is 1. The largest absolute Gasteiger partial charge is 0.403 e.